The molecule has 1 N–H and O–H groups in total. The molecule has 0 spiro atoms. The van der Waals surface area contributed by atoms with Gasteiger partial charge in [-0.1, -0.05) is 11.6 Å². The molecule has 0 fully saturated rings. The molecule has 62 valence electrons. The first kappa shape index (κ1) is 9.39. The Labute approximate surface area is 79.4 Å². The minimum atomic E-state index is 0.270. The van der Waals surface area contributed by atoms with E-state index in [4.69, 9.17) is 16.7 Å². The highest BCUT2D eigenvalue weighted by Crippen LogP contribution is 2.30. The predicted octanol–water partition coefficient (Wildman–Crippen LogP) is 2.88. The van der Waals surface area contributed by atoms with Crippen molar-refractivity contribution in [3.8, 4) is 0 Å². The van der Waals surface area contributed by atoms with Crippen LogP contribution in [0, 0.1) is 0 Å². The number of aliphatic hydroxyl groups is 1. The fraction of sp³-hybridized carbons (Fsp3) is 0.429. The first-order valence-electron chi connectivity index (χ1n) is 3.32. The summed E-state index contributed by atoms with van der Waals surface area (Å²) >= 11 is 9.05. The first-order valence-corrected chi connectivity index (χ1v) is 5.50. The third-order valence-corrected chi connectivity index (χ3v) is 3.64. The number of hydrogen-bond donors (Lipinski definition) is 1. The minimum absolute atomic E-state index is 0.270. The van der Waals surface area contributed by atoms with Crippen LogP contribution >= 0.6 is 34.7 Å². The van der Waals surface area contributed by atoms with Gasteiger partial charge in [-0.25, -0.2) is 0 Å². The zero-order chi connectivity index (χ0) is 8.10. The molecule has 1 aromatic rings. The maximum absolute atomic E-state index is 8.51. The Morgan fingerprint density at radius 2 is 2.36 bits per heavy atom. The van der Waals surface area contributed by atoms with Crippen LogP contribution in [0.1, 0.15) is 6.42 Å². The van der Waals surface area contributed by atoms with Gasteiger partial charge in [0.1, 0.15) is 0 Å². The summed E-state index contributed by atoms with van der Waals surface area (Å²) in [6.45, 7) is 0.270. The SMILES string of the molecule is OCCCSc1ccc(Cl)s1. The van der Waals surface area contributed by atoms with Crippen molar-refractivity contribution in [2.45, 2.75) is 10.6 Å². The molecule has 0 amide bonds. The number of aliphatic hydroxyl groups excluding tert-OH is 1. The van der Waals surface area contributed by atoms with Crippen molar-refractivity contribution in [2.75, 3.05) is 12.4 Å². The standard InChI is InChI=1S/C7H9ClOS2/c8-6-2-3-7(11-6)10-5-1-4-9/h2-3,9H,1,4-5H2. The molecule has 0 aliphatic carbocycles. The fourth-order valence-corrected chi connectivity index (χ4v) is 2.92. The molecular formula is C7H9ClOS2. The van der Waals surface area contributed by atoms with Gasteiger partial charge in [0.2, 0.25) is 0 Å². The molecular weight excluding hydrogens is 200 g/mol. The van der Waals surface area contributed by atoms with Crippen LogP contribution in [0.25, 0.3) is 0 Å². The average Bonchev–Trinajstić information content (AvgIpc) is 2.37. The molecule has 11 heavy (non-hydrogen) atoms. The smallest absolute Gasteiger partial charge is 0.0940 e. The van der Waals surface area contributed by atoms with E-state index in [0.29, 0.717) is 0 Å². The Hall–Kier alpha value is 0.300. The zero-order valence-electron chi connectivity index (χ0n) is 5.92. The van der Waals surface area contributed by atoms with Crippen molar-refractivity contribution in [3.05, 3.63) is 16.5 Å². The lowest BCUT2D eigenvalue weighted by atomic mass is 10.5. The third kappa shape index (κ3) is 3.47. The second kappa shape index (κ2) is 5.04. The van der Waals surface area contributed by atoms with Crippen molar-refractivity contribution >= 4 is 34.7 Å². The van der Waals surface area contributed by atoms with E-state index in [1.165, 1.54) is 4.21 Å². The van der Waals surface area contributed by atoms with Gasteiger partial charge in [0.05, 0.1) is 8.55 Å². The Balaban J connectivity index is 2.27. The van der Waals surface area contributed by atoms with Crippen LogP contribution in [0.15, 0.2) is 16.3 Å². The Kier molecular flexibility index (Phi) is 4.30. The van der Waals surface area contributed by atoms with Gasteiger partial charge >= 0.3 is 0 Å². The Morgan fingerprint density at radius 3 is 2.91 bits per heavy atom. The predicted molar refractivity (Wildman–Crippen MR) is 51.8 cm³/mol. The van der Waals surface area contributed by atoms with Crippen LogP contribution in [0.2, 0.25) is 4.34 Å². The van der Waals surface area contributed by atoms with Crippen molar-refractivity contribution in [3.63, 3.8) is 0 Å². The van der Waals surface area contributed by atoms with E-state index in [1.807, 2.05) is 12.1 Å². The van der Waals surface area contributed by atoms with Gasteiger partial charge in [0.15, 0.2) is 0 Å². The van der Waals surface area contributed by atoms with Gasteiger partial charge in [-0.15, -0.1) is 23.1 Å². The number of thioether (sulfide) groups is 1. The maximum Gasteiger partial charge on any atom is 0.0940 e. The summed E-state index contributed by atoms with van der Waals surface area (Å²) in [6, 6.07) is 3.91. The normalized spacial score (nSPS) is 10.4. The maximum atomic E-state index is 8.51. The summed E-state index contributed by atoms with van der Waals surface area (Å²) in [5.41, 5.74) is 0. The lowest BCUT2D eigenvalue weighted by molar-refractivity contribution is 0.296. The van der Waals surface area contributed by atoms with Crippen LogP contribution in [0.4, 0.5) is 0 Å². The van der Waals surface area contributed by atoms with E-state index >= 15 is 0 Å². The van der Waals surface area contributed by atoms with Crippen molar-refractivity contribution in [2.24, 2.45) is 0 Å². The summed E-state index contributed by atoms with van der Waals surface area (Å²) in [5.74, 6) is 0.966. The molecule has 1 rings (SSSR count). The third-order valence-electron chi connectivity index (χ3n) is 1.10. The molecule has 0 aromatic carbocycles. The monoisotopic (exact) mass is 208 g/mol. The van der Waals surface area contributed by atoms with E-state index in [9.17, 15) is 0 Å². The average molecular weight is 209 g/mol. The molecule has 0 saturated carbocycles. The summed E-state index contributed by atoms with van der Waals surface area (Å²) in [4.78, 5) is 0. The molecule has 1 heterocycles. The highest BCUT2D eigenvalue weighted by molar-refractivity contribution is 8.01. The van der Waals surface area contributed by atoms with Gasteiger partial charge in [0, 0.05) is 12.4 Å². The molecule has 0 aliphatic rings. The molecule has 1 aromatic heterocycles. The summed E-state index contributed by atoms with van der Waals surface area (Å²) in [5, 5.41) is 8.51. The Bertz CT molecular complexity index is 212. The molecule has 0 bridgehead atoms. The quantitative estimate of drug-likeness (QED) is 0.607. The zero-order valence-corrected chi connectivity index (χ0v) is 8.31. The van der Waals surface area contributed by atoms with Crippen LogP contribution in [0.3, 0.4) is 0 Å². The molecule has 0 aliphatic heterocycles. The summed E-state index contributed by atoms with van der Waals surface area (Å²) in [7, 11) is 0. The number of hydrogen-bond acceptors (Lipinski definition) is 3. The van der Waals surface area contributed by atoms with Crippen LogP contribution in [-0.2, 0) is 0 Å². The van der Waals surface area contributed by atoms with E-state index < -0.39 is 0 Å². The van der Waals surface area contributed by atoms with Crippen LogP contribution in [0.5, 0.6) is 0 Å². The highest BCUT2D eigenvalue weighted by Gasteiger charge is 1.96. The number of halogens is 1. The lowest BCUT2D eigenvalue weighted by Gasteiger charge is -1.93. The molecule has 4 heteroatoms. The molecule has 1 nitrogen and oxygen atoms in total. The lowest BCUT2D eigenvalue weighted by Crippen LogP contribution is -1.83. The summed E-state index contributed by atoms with van der Waals surface area (Å²) in [6.07, 6.45) is 0.847. The van der Waals surface area contributed by atoms with Crippen LogP contribution < -0.4 is 0 Å². The van der Waals surface area contributed by atoms with Gasteiger partial charge in [0.25, 0.3) is 0 Å². The van der Waals surface area contributed by atoms with Gasteiger partial charge in [-0.2, -0.15) is 0 Å². The van der Waals surface area contributed by atoms with Crippen molar-refractivity contribution in [1.82, 2.24) is 0 Å². The van der Waals surface area contributed by atoms with Crippen LogP contribution in [-0.4, -0.2) is 17.5 Å². The first-order chi connectivity index (χ1) is 5.33. The van der Waals surface area contributed by atoms with E-state index in [2.05, 4.69) is 0 Å². The molecule has 0 radical (unpaired) electrons. The second-order valence-electron chi connectivity index (χ2n) is 1.98. The molecule has 0 unspecified atom stereocenters. The topological polar surface area (TPSA) is 20.2 Å². The Morgan fingerprint density at radius 1 is 1.55 bits per heavy atom. The van der Waals surface area contributed by atoms with E-state index in [0.717, 1.165) is 16.5 Å². The minimum Gasteiger partial charge on any atom is -0.396 e. The second-order valence-corrected chi connectivity index (χ2v) is 5.09. The van der Waals surface area contributed by atoms with Crippen molar-refractivity contribution in [1.29, 1.82) is 0 Å². The van der Waals surface area contributed by atoms with E-state index in [1.54, 1.807) is 23.1 Å². The van der Waals surface area contributed by atoms with Gasteiger partial charge in [-0.3, -0.25) is 0 Å². The number of thiophene rings is 1. The molecule has 0 atom stereocenters. The van der Waals surface area contributed by atoms with Crippen molar-refractivity contribution < 1.29 is 5.11 Å². The summed E-state index contributed by atoms with van der Waals surface area (Å²) < 4.78 is 2.06. The molecule has 0 saturated heterocycles. The van der Waals surface area contributed by atoms with Gasteiger partial charge < -0.3 is 5.11 Å². The van der Waals surface area contributed by atoms with E-state index in [-0.39, 0.29) is 6.61 Å². The fourth-order valence-electron chi connectivity index (χ4n) is 0.613. The van der Waals surface area contributed by atoms with Gasteiger partial charge in [-0.05, 0) is 18.6 Å². The number of rotatable bonds is 4. The highest BCUT2D eigenvalue weighted by atomic mass is 35.5. The largest absolute Gasteiger partial charge is 0.396 e.